The summed E-state index contributed by atoms with van der Waals surface area (Å²) in [7, 11) is 0. The molecule has 2 N–H and O–H groups in total. The van der Waals surface area contributed by atoms with E-state index in [0.29, 0.717) is 12.8 Å². The largest absolute Gasteiger partial charge is 0.368 e. The zero-order valence-corrected chi connectivity index (χ0v) is 16.1. The molecule has 0 aromatic heterocycles. The van der Waals surface area contributed by atoms with Gasteiger partial charge in [0.2, 0.25) is 0 Å². The van der Waals surface area contributed by atoms with Crippen LogP contribution in [0.15, 0.2) is 0 Å². The third-order valence-corrected chi connectivity index (χ3v) is 4.28. The lowest BCUT2D eigenvalue weighted by atomic mass is 10.0. The van der Waals surface area contributed by atoms with Crippen molar-refractivity contribution in [2.45, 2.75) is 117 Å². The average Bonchev–Trinajstić information content (AvgIpc) is 2.45. The van der Waals surface area contributed by atoms with Crippen LogP contribution in [0, 0.1) is 11.8 Å². The van der Waals surface area contributed by atoms with Gasteiger partial charge in [-0.05, 0) is 37.5 Å². The lowest BCUT2D eigenvalue weighted by Crippen LogP contribution is -2.21. The van der Waals surface area contributed by atoms with Crippen molar-refractivity contribution in [1.82, 2.24) is 0 Å². The average molecular weight is 331 g/mol. The van der Waals surface area contributed by atoms with Crippen LogP contribution in [0.2, 0.25) is 0 Å². The number of hydrogen-bond donors (Lipinski definition) is 2. The third-order valence-electron chi connectivity index (χ3n) is 4.28. The van der Waals surface area contributed by atoms with Crippen LogP contribution < -0.4 is 0 Å². The number of rotatable bonds is 16. The molecular weight excluding hydrogens is 288 g/mol. The van der Waals surface area contributed by atoms with Gasteiger partial charge in [0, 0.05) is 0 Å². The molecule has 0 radical (unpaired) electrons. The summed E-state index contributed by atoms with van der Waals surface area (Å²) in [4.78, 5) is 0. The molecule has 0 spiro atoms. The summed E-state index contributed by atoms with van der Waals surface area (Å²) in [5.41, 5.74) is 0. The van der Waals surface area contributed by atoms with Gasteiger partial charge in [-0.3, -0.25) is 0 Å². The Kier molecular flexibility index (Phi) is 15.3. The number of aliphatic hydroxyl groups excluding tert-OH is 2. The van der Waals surface area contributed by atoms with Crippen molar-refractivity contribution in [1.29, 1.82) is 0 Å². The molecule has 3 nitrogen and oxygen atoms in total. The van der Waals surface area contributed by atoms with Crippen LogP contribution in [0.25, 0.3) is 0 Å². The van der Waals surface area contributed by atoms with E-state index in [9.17, 15) is 10.2 Å². The van der Waals surface area contributed by atoms with Gasteiger partial charge in [-0.25, -0.2) is 0 Å². The molecule has 0 aliphatic heterocycles. The Hall–Kier alpha value is -0.120. The van der Waals surface area contributed by atoms with Crippen molar-refractivity contribution in [3.8, 4) is 0 Å². The van der Waals surface area contributed by atoms with Gasteiger partial charge in [0.15, 0.2) is 12.6 Å². The van der Waals surface area contributed by atoms with Gasteiger partial charge < -0.3 is 14.9 Å². The van der Waals surface area contributed by atoms with Crippen LogP contribution in [0.4, 0.5) is 0 Å². The highest BCUT2D eigenvalue weighted by molar-refractivity contribution is 4.53. The molecule has 0 rings (SSSR count). The van der Waals surface area contributed by atoms with Crippen molar-refractivity contribution in [2.75, 3.05) is 0 Å². The van der Waals surface area contributed by atoms with Gasteiger partial charge in [0.05, 0.1) is 0 Å². The fraction of sp³-hybridized carbons (Fsp3) is 1.00. The summed E-state index contributed by atoms with van der Waals surface area (Å²) >= 11 is 0. The Morgan fingerprint density at radius 3 is 1.13 bits per heavy atom. The lowest BCUT2D eigenvalue weighted by Gasteiger charge is -2.17. The predicted octanol–water partition coefficient (Wildman–Crippen LogP) is 5.63. The molecule has 3 heteroatoms. The van der Waals surface area contributed by atoms with Crippen molar-refractivity contribution >= 4 is 0 Å². The molecule has 0 aromatic rings. The summed E-state index contributed by atoms with van der Waals surface area (Å²) in [6, 6.07) is 0. The second-order valence-corrected chi connectivity index (χ2v) is 7.82. The predicted molar refractivity (Wildman–Crippen MR) is 98.2 cm³/mol. The topological polar surface area (TPSA) is 49.7 Å². The minimum atomic E-state index is -0.809. The maximum absolute atomic E-state index is 9.78. The molecule has 2 atom stereocenters. The van der Waals surface area contributed by atoms with E-state index in [-0.39, 0.29) is 0 Å². The van der Waals surface area contributed by atoms with Crippen LogP contribution in [-0.4, -0.2) is 22.8 Å². The maximum atomic E-state index is 9.78. The molecule has 23 heavy (non-hydrogen) atoms. The molecule has 0 saturated heterocycles. The van der Waals surface area contributed by atoms with Crippen LogP contribution in [-0.2, 0) is 4.74 Å². The normalized spacial score (nSPS) is 14.6. The third kappa shape index (κ3) is 18.1. The Labute approximate surface area is 144 Å². The summed E-state index contributed by atoms with van der Waals surface area (Å²) in [5, 5.41) is 19.6. The SMILES string of the molecule is CC(C)CCCCCCC(O)OC(O)CCCCCCC(C)C. The summed E-state index contributed by atoms with van der Waals surface area (Å²) in [5.74, 6) is 1.56. The van der Waals surface area contributed by atoms with Crippen LogP contribution >= 0.6 is 0 Å². The highest BCUT2D eigenvalue weighted by atomic mass is 16.7. The molecule has 0 aromatic carbocycles. The molecule has 140 valence electrons. The van der Waals surface area contributed by atoms with Crippen molar-refractivity contribution in [3.05, 3.63) is 0 Å². The lowest BCUT2D eigenvalue weighted by molar-refractivity contribution is -0.212. The minimum absolute atomic E-state index is 0.632. The van der Waals surface area contributed by atoms with E-state index >= 15 is 0 Å². The number of hydrogen-bond acceptors (Lipinski definition) is 3. The molecule has 0 aliphatic rings. The second-order valence-electron chi connectivity index (χ2n) is 7.82. The highest BCUT2D eigenvalue weighted by Crippen LogP contribution is 2.15. The second kappa shape index (κ2) is 15.4. The van der Waals surface area contributed by atoms with Crippen molar-refractivity contribution < 1.29 is 14.9 Å². The van der Waals surface area contributed by atoms with E-state index in [4.69, 9.17) is 4.74 Å². The Morgan fingerprint density at radius 1 is 0.522 bits per heavy atom. The van der Waals surface area contributed by atoms with Gasteiger partial charge in [-0.1, -0.05) is 79.1 Å². The maximum Gasteiger partial charge on any atom is 0.157 e. The van der Waals surface area contributed by atoms with Crippen LogP contribution in [0.3, 0.4) is 0 Å². The van der Waals surface area contributed by atoms with E-state index in [2.05, 4.69) is 27.7 Å². The van der Waals surface area contributed by atoms with E-state index in [1.54, 1.807) is 0 Å². The molecule has 2 unspecified atom stereocenters. The standard InChI is InChI=1S/C20H42O3/c1-17(2)13-9-5-7-11-15-19(21)23-20(22)16-12-8-6-10-14-18(3)4/h17-22H,5-16H2,1-4H3. The first-order valence-corrected chi connectivity index (χ1v) is 9.93. The van der Waals surface area contributed by atoms with Gasteiger partial charge in [0.1, 0.15) is 0 Å². The quantitative estimate of drug-likeness (QED) is 0.285. The first-order valence-electron chi connectivity index (χ1n) is 9.93. The smallest absolute Gasteiger partial charge is 0.157 e. The molecular formula is C20H42O3. The van der Waals surface area contributed by atoms with Gasteiger partial charge in [0.25, 0.3) is 0 Å². The van der Waals surface area contributed by atoms with Crippen molar-refractivity contribution in [2.24, 2.45) is 11.8 Å². The first kappa shape index (κ1) is 22.9. The van der Waals surface area contributed by atoms with E-state index in [1.165, 1.54) is 38.5 Å². The zero-order valence-electron chi connectivity index (χ0n) is 16.1. The van der Waals surface area contributed by atoms with Crippen LogP contribution in [0.1, 0.15) is 105 Å². The minimum Gasteiger partial charge on any atom is -0.368 e. The van der Waals surface area contributed by atoms with Crippen molar-refractivity contribution in [3.63, 3.8) is 0 Å². The van der Waals surface area contributed by atoms with Crippen LogP contribution in [0.5, 0.6) is 0 Å². The Balaban J connectivity index is 3.39. The van der Waals surface area contributed by atoms with Gasteiger partial charge >= 0.3 is 0 Å². The van der Waals surface area contributed by atoms with E-state index in [0.717, 1.165) is 37.5 Å². The number of ether oxygens (including phenoxy) is 1. The summed E-state index contributed by atoms with van der Waals surface area (Å²) < 4.78 is 5.25. The molecule has 0 heterocycles. The summed E-state index contributed by atoms with van der Waals surface area (Å²) in [6.45, 7) is 9.01. The van der Waals surface area contributed by atoms with E-state index in [1.807, 2.05) is 0 Å². The molecule has 0 amide bonds. The fourth-order valence-electron chi connectivity index (χ4n) is 2.77. The number of aliphatic hydroxyl groups is 2. The Bertz CT molecular complexity index is 217. The molecule has 0 saturated carbocycles. The highest BCUT2D eigenvalue weighted by Gasteiger charge is 2.11. The summed E-state index contributed by atoms with van der Waals surface area (Å²) in [6.07, 6.45) is 11.4. The van der Waals surface area contributed by atoms with Gasteiger partial charge in [-0.2, -0.15) is 0 Å². The van der Waals surface area contributed by atoms with E-state index < -0.39 is 12.6 Å². The molecule has 0 bridgehead atoms. The molecule has 0 aliphatic carbocycles. The van der Waals surface area contributed by atoms with Gasteiger partial charge in [-0.15, -0.1) is 0 Å². The zero-order chi connectivity index (χ0) is 17.5. The fourth-order valence-corrected chi connectivity index (χ4v) is 2.77. The monoisotopic (exact) mass is 330 g/mol. The first-order chi connectivity index (χ1) is 10.9. The number of unbranched alkanes of at least 4 members (excludes halogenated alkanes) is 6. The Morgan fingerprint density at radius 2 is 0.826 bits per heavy atom. The molecule has 0 fully saturated rings.